The molecule has 0 aliphatic heterocycles. The fourth-order valence-electron chi connectivity index (χ4n) is 1.51. The molecule has 0 bridgehead atoms. The van der Waals surface area contributed by atoms with Gasteiger partial charge in [0.2, 0.25) is 0 Å². The Balaban J connectivity index is 3.60. The Bertz CT molecular complexity index is 123. The van der Waals surface area contributed by atoms with Crippen molar-refractivity contribution in [1.29, 1.82) is 0 Å². The topological polar surface area (TPSA) is 15.3 Å². The largest absolute Gasteiger partial charge is 0.313 e. The minimum Gasteiger partial charge on any atom is -0.313 e. The molecule has 1 N–H and O–H groups in total. The summed E-state index contributed by atoms with van der Waals surface area (Å²) in [5.74, 6) is 0. The fraction of sp³-hybridized carbons (Fsp3) is 1.00. The van der Waals surface area contributed by atoms with Gasteiger partial charge in [0.25, 0.3) is 0 Å². The van der Waals surface area contributed by atoms with Crippen molar-refractivity contribution in [3.8, 4) is 0 Å². The fourth-order valence-corrected chi connectivity index (χ4v) is 1.51. The van der Waals surface area contributed by atoms with Gasteiger partial charge in [0.05, 0.1) is 0 Å². The molecule has 0 spiro atoms. The molecule has 0 amide bonds. The van der Waals surface area contributed by atoms with Crippen molar-refractivity contribution in [2.24, 2.45) is 0 Å². The smallest absolute Gasteiger partial charge is 0.0110 e. The molecule has 1 unspecified atom stereocenters. The summed E-state index contributed by atoms with van der Waals surface area (Å²) in [6, 6.07) is 1.33. The van der Waals surface area contributed by atoms with Crippen molar-refractivity contribution in [2.75, 3.05) is 19.6 Å². The first-order chi connectivity index (χ1) is 6.61. The van der Waals surface area contributed by atoms with Crippen LogP contribution in [0.5, 0.6) is 0 Å². The van der Waals surface area contributed by atoms with Crippen LogP contribution < -0.4 is 5.32 Å². The van der Waals surface area contributed by atoms with Crippen molar-refractivity contribution in [2.45, 2.75) is 59.5 Å². The van der Waals surface area contributed by atoms with Crippen LogP contribution in [-0.2, 0) is 0 Å². The van der Waals surface area contributed by atoms with E-state index in [4.69, 9.17) is 0 Å². The molecule has 2 nitrogen and oxygen atoms in total. The lowest BCUT2D eigenvalue weighted by atomic mass is 10.2. The average molecular weight is 200 g/mol. The predicted molar refractivity (Wildman–Crippen MR) is 64.8 cm³/mol. The molecule has 0 aromatic heterocycles. The molecule has 0 heterocycles. The highest BCUT2D eigenvalue weighted by Crippen LogP contribution is 1.98. The minimum atomic E-state index is 0.658. The Labute approximate surface area is 90.1 Å². The van der Waals surface area contributed by atoms with E-state index in [0.29, 0.717) is 12.1 Å². The molecular formula is C12H28N2. The van der Waals surface area contributed by atoms with Crippen molar-refractivity contribution in [1.82, 2.24) is 10.2 Å². The molecule has 14 heavy (non-hydrogen) atoms. The van der Waals surface area contributed by atoms with Gasteiger partial charge in [-0.1, -0.05) is 13.8 Å². The van der Waals surface area contributed by atoms with E-state index in [-0.39, 0.29) is 0 Å². The van der Waals surface area contributed by atoms with Gasteiger partial charge >= 0.3 is 0 Å². The summed E-state index contributed by atoms with van der Waals surface area (Å²) in [6.07, 6.45) is 2.47. The van der Waals surface area contributed by atoms with Crippen molar-refractivity contribution in [3.05, 3.63) is 0 Å². The average Bonchev–Trinajstić information content (AvgIpc) is 2.16. The summed E-state index contributed by atoms with van der Waals surface area (Å²) < 4.78 is 0. The first kappa shape index (κ1) is 13.9. The minimum absolute atomic E-state index is 0.658. The third kappa shape index (κ3) is 6.39. The van der Waals surface area contributed by atoms with Crippen LogP contribution in [0, 0.1) is 0 Å². The molecule has 0 saturated heterocycles. The molecule has 0 saturated carbocycles. The van der Waals surface area contributed by atoms with Crippen LogP contribution in [-0.4, -0.2) is 36.6 Å². The third-order valence-corrected chi connectivity index (χ3v) is 2.75. The van der Waals surface area contributed by atoms with Crippen LogP contribution in [0.3, 0.4) is 0 Å². The van der Waals surface area contributed by atoms with E-state index in [1.54, 1.807) is 0 Å². The lowest BCUT2D eigenvalue weighted by Gasteiger charge is -2.26. The van der Waals surface area contributed by atoms with E-state index >= 15 is 0 Å². The Hall–Kier alpha value is -0.0800. The Morgan fingerprint density at radius 2 is 1.71 bits per heavy atom. The highest BCUT2D eigenvalue weighted by molar-refractivity contribution is 4.65. The first-order valence-corrected chi connectivity index (χ1v) is 6.09. The molecule has 0 aromatic rings. The molecule has 0 aliphatic carbocycles. The molecule has 86 valence electrons. The van der Waals surface area contributed by atoms with Crippen LogP contribution in [0.4, 0.5) is 0 Å². The second-order valence-electron chi connectivity index (χ2n) is 4.39. The van der Waals surface area contributed by atoms with Crippen LogP contribution in [0.25, 0.3) is 0 Å². The zero-order valence-electron chi connectivity index (χ0n) is 10.6. The molecular weight excluding hydrogens is 172 g/mol. The van der Waals surface area contributed by atoms with Crippen molar-refractivity contribution in [3.63, 3.8) is 0 Å². The van der Waals surface area contributed by atoms with E-state index in [9.17, 15) is 0 Å². The summed E-state index contributed by atoms with van der Waals surface area (Å²) in [6.45, 7) is 14.8. The molecule has 0 rings (SSSR count). The summed E-state index contributed by atoms with van der Waals surface area (Å²) in [5.41, 5.74) is 0. The number of nitrogens with zero attached hydrogens (tertiary/aromatic N) is 1. The van der Waals surface area contributed by atoms with Gasteiger partial charge in [0, 0.05) is 25.2 Å². The summed E-state index contributed by atoms with van der Waals surface area (Å²) in [5, 5.41) is 3.53. The molecule has 0 aliphatic rings. The molecule has 0 aromatic carbocycles. The monoisotopic (exact) mass is 200 g/mol. The van der Waals surface area contributed by atoms with Gasteiger partial charge < -0.3 is 5.32 Å². The Morgan fingerprint density at radius 1 is 1.07 bits per heavy atom. The summed E-state index contributed by atoms with van der Waals surface area (Å²) in [7, 11) is 0. The van der Waals surface area contributed by atoms with Crippen LogP contribution >= 0.6 is 0 Å². The van der Waals surface area contributed by atoms with Gasteiger partial charge in [-0.2, -0.15) is 0 Å². The van der Waals surface area contributed by atoms with Gasteiger partial charge in [0.1, 0.15) is 0 Å². The van der Waals surface area contributed by atoms with Crippen molar-refractivity contribution >= 4 is 0 Å². The number of hydrogen-bond acceptors (Lipinski definition) is 2. The second-order valence-corrected chi connectivity index (χ2v) is 4.39. The third-order valence-electron chi connectivity index (χ3n) is 2.75. The van der Waals surface area contributed by atoms with E-state index in [2.05, 4.69) is 44.8 Å². The quantitative estimate of drug-likeness (QED) is 0.647. The van der Waals surface area contributed by atoms with E-state index in [1.165, 1.54) is 25.9 Å². The summed E-state index contributed by atoms with van der Waals surface area (Å²) in [4.78, 5) is 2.54. The van der Waals surface area contributed by atoms with Gasteiger partial charge in [-0.05, 0) is 40.2 Å². The van der Waals surface area contributed by atoms with E-state index < -0.39 is 0 Å². The van der Waals surface area contributed by atoms with Gasteiger partial charge in [0.15, 0.2) is 0 Å². The summed E-state index contributed by atoms with van der Waals surface area (Å²) >= 11 is 0. The Kier molecular flexibility index (Phi) is 8.20. The number of hydrogen-bond donors (Lipinski definition) is 1. The zero-order valence-corrected chi connectivity index (χ0v) is 10.6. The first-order valence-electron chi connectivity index (χ1n) is 6.09. The Morgan fingerprint density at radius 3 is 2.14 bits per heavy atom. The SMILES string of the molecule is CCCN(CCNC(C)CC)C(C)C. The predicted octanol–water partition coefficient (Wildman–Crippen LogP) is 2.49. The molecule has 0 radical (unpaired) electrons. The maximum atomic E-state index is 3.53. The van der Waals surface area contributed by atoms with Crippen LogP contribution in [0.2, 0.25) is 0 Å². The zero-order chi connectivity index (χ0) is 11.0. The molecule has 2 heteroatoms. The van der Waals surface area contributed by atoms with Gasteiger partial charge in [-0.3, -0.25) is 4.90 Å². The maximum Gasteiger partial charge on any atom is 0.0110 e. The van der Waals surface area contributed by atoms with Crippen LogP contribution in [0.15, 0.2) is 0 Å². The van der Waals surface area contributed by atoms with E-state index in [1.807, 2.05) is 0 Å². The molecule has 1 atom stereocenters. The number of rotatable bonds is 8. The highest BCUT2D eigenvalue weighted by atomic mass is 15.2. The highest BCUT2D eigenvalue weighted by Gasteiger charge is 2.07. The molecule has 0 fully saturated rings. The second kappa shape index (κ2) is 8.25. The van der Waals surface area contributed by atoms with Gasteiger partial charge in [-0.25, -0.2) is 0 Å². The normalized spacial score (nSPS) is 13.9. The lowest BCUT2D eigenvalue weighted by molar-refractivity contribution is 0.220. The van der Waals surface area contributed by atoms with Crippen LogP contribution in [0.1, 0.15) is 47.5 Å². The van der Waals surface area contributed by atoms with E-state index in [0.717, 1.165) is 6.54 Å². The van der Waals surface area contributed by atoms with Gasteiger partial charge in [-0.15, -0.1) is 0 Å². The number of nitrogens with one attached hydrogen (secondary N) is 1. The standard InChI is InChI=1S/C12H28N2/c1-6-9-14(11(3)4)10-8-13-12(5)7-2/h11-13H,6-10H2,1-5H3. The van der Waals surface area contributed by atoms with Crippen molar-refractivity contribution < 1.29 is 0 Å². The lowest BCUT2D eigenvalue weighted by Crippen LogP contribution is -2.39. The maximum absolute atomic E-state index is 3.53.